The van der Waals surface area contributed by atoms with Gasteiger partial charge in [-0.3, -0.25) is 4.79 Å². The van der Waals surface area contributed by atoms with E-state index in [-0.39, 0.29) is 5.92 Å². The van der Waals surface area contributed by atoms with Crippen LogP contribution in [0, 0.1) is 5.92 Å². The summed E-state index contributed by atoms with van der Waals surface area (Å²) in [5, 5.41) is 0. The zero-order chi connectivity index (χ0) is 13.3. The molecule has 3 nitrogen and oxygen atoms in total. The third kappa shape index (κ3) is 2.07. The first-order valence-electron chi connectivity index (χ1n) is 5.63. The van der Waals surface area contributed by atoms with Crippen LogP contribution < -0.4 is 11.5 Å². The highest BCUT2D eigenvalue weighted by molar-refractivity contribution is 7.81. The van der Waals surface area contributed by atoms with Gasteiger partial charge >= 0.3 is 0 Å². The Kier molecular flexibility index (Phi) is 3.30. The Morgan fingerprint density at radius 2 is 1.89 bits per heavy atom. The van der Waals surface area contributed by atoms with E-state index in [0.717, 1.165) is 11.1 Å². The van der Waals surface area contributed by atoms with E-state index >= 15 is 0 Å². The van der Waals surface area contributed by atoms with Gasteiger partial charge in [-0.25, -0.2) is 0 Å². The van der Waals surface area contributed by atoms with Crippen LogP contribution in [0.5, 0.6) is 0 Å². The second-order valence-electron chi connectivity index (χ2n) is 4.24. The molecule has 92 valence electrons. The lowest BCUT2D eigenvalue weighted by Gasteiger charge is -2.24. The van der Waals surface area contributed by atoms with E-state index in [4.69, 9.17) is 23.7 Å². The third-order valence-corrected chi connectivity index (χ3v) is 3.66. The molecule has 18 heavy (non-hydrogen) atoms. The summed E-state index contributed by atoms with van der Waals surface area (Å²) in [7, 11) is 0. The van der Waals surface area contributed by atoms with Gasteiger partial charge in [0.15, 0.2) is 0 Å². The number of thiocarbonyl (C=S) groups is 1. The smallest absolute Gasteiger partial charge is 0.250 e. The van der Waals surface area contributed by atoms with Crippen molar-refractivity contribution in [2.24, 2.45) is 17.4 Å². The van der Waals surface area contributed by atoms with Crippen molar-refractivity contribution in [1.29, 1.82) is 0 Å². The molecule has 1 aromatic carbocycles. The maximum atomic E-state index is 11.4. The molecule has 0 heterocycles. The first-order chi connectivity index (χ1) is 8.52. The van der Waals surface area contributed by atoms with E-state index in [9.17, 15) is 4.79 Å². The van der Waals surface area contributed by atoms with Gasteiger partial charge in [0.05, 0.1) is 11.3 Å². The van der Waals surface area contributed by atoms with Crippen molar-refractivity contribution in [3.05, 3.63) is 53.2 Å². The fourth-order valence-corrected chi connectivity index (χ4v) is 2.27. The highest BCUT2D eigenvalue weighted by Crippen LogP contribution is 2.32. The number of hydrogen-bond donors (Lipinski definition) is 2. The van der Waals surface area contributed by atoms with Gasteiger partial charge in [0.1, 0.15) is 0 Å². The van der Waals surface area contributed by atoms with Gasteiger partial charge in [-0.2, -0.15) is 0 Å². The summed E-state index contributed by atoms with van der Waals surface area (Å²) in [6.07, 6.45) is 1.74. The molecule has 0 bridgehead atoms. The summed E-state index contributed by atoms with van der Waals surface area (Å²) >= 11 is 5.29. The summed E-state index contributed by atoms with van der Waals surface area (Å²) in [6.45, 7) is 1.98. The minimum Gasteiger partial charge on any atom is -0.397 e. The van der Waals surface area contributed by atoms with E-state index in [1.807, 2.05) is 37.3 Å². The Balaban J connectivity index is 2.57. The fraction of sp³-hybridized carbons (Fsp3) is 0.143. The molecule has 0 spiro atoms. The highest BCUT2D eigenvalue weighted by Gasteiger charge is 2.26. The number of hydrogen-bond acceptors (Lipinski definition) is 3. The molecule has 1 amide bonds. The van der Waals surface area contributed by atoms with Crippen LogP contribution in [0.1, 0.15) is 12.5 Å². The lowest BCUT2D eigenvalue weighted by atomic mass is 9.83. The fourth-order valence-electron chi connectivity index (χ4n) is 2.03. The van der Waals surface area contributed by atoms with Crippen molar-refractivity contribution in [1.82, 2.24) is 0 Å². The number of carbonyl (C=O) groups excluding carboxylic acids is 1. The summed E-state index contributed by atoms with van der Waals surface area (Å²) < 4.78 is 0. The molecule has 1 aliphatic rings. The number of primary amides is 1. The Labute approximate surface area is 111 Å². The molecule has 1 aromatic rings. The number of nitrogens with two attached hydrogens (primary N) is 2. The van der Waals surface area contributed by atoms with Crippen LogP contribution in [-0.4, -0.2) is 10.8 Å². The van der Waals surface area contributed by atoms with Crippen molar-refractivity contribution < 1.29 is 4.79 Å². The Morgan fingerprint density at radius 3 is 2.44 bits per heavy atom. The number of amides is 1. The van der Waals surface area contributed by atoms with Crippen molar-refractivity contribution in [3.8, 4) is 0 Å². The number of rotatable bonds is 2. The summed E-state index contributed by atoms with van der Waals surface area (Å²) in [5.41, 5.74) is 13.8. The number of allylic oxidation sites excluding steroid dienone is 2. The van der Waals surface area contributed by atoms with E-state index in [1.165, 1.54) is 0 Å². The maximum Gasteiger partial charge on any atom is 0.250 e. The average molecular weight is 258 g/mol. The largest absolute Gasteiger partial charge is 0.397 e. The van der Waals surface area contributed by atoms with Crippen molar-refractivity contribution in [3.63, 3.8) is 0 Å². The SMILES string of the molecule is CC1C(=S)C(N)=C(C(N)=O)C=C1c1ccccc1. The molecule has 2 rings (SSSR count). The molecule has 0 aromatic heterocycles. The summed E-state index contributed by atoms with van der Waals surface area (Å²) in [4.78, 5) is 11.9. The van der Waals surface area contributed by atoms with Crippen LogP contribution in [0.4, 0.5) is 0 Å². The van der Waals surface area contributed by atoms with Crippen LogP contribution in [0.2, 0.25) is 0 Å². The topological polar surface area (TPSA) is 69.1 Å². The average Bonchev–Trinajstić information content (AvgIpc) is 2.37. The third-order valence-electron chi connectivity index (χ3n) is 3.09. The molecule has 0 saturated carbocycles. The number of benzene rings is 1. The molecular formula is C14H14N2OS. The minimum absolute atomic E-state index is 0.00509. The molecule has 1 atom stereocenters. The quantitative estimate of drug-likeness (QED) is 0.795. The monoisotopic (exact) mass is 258 g/mol. The predicted molar refractivity (Wildman–Crippen MR) is 76.6 cm³/mol. The Bertz CT molecular complexity index is 573. The summed E-state index contributed by atoms with van der Waals surface area (Å²) in [5.74, 6) is -0.541. The second kappa shape index (κ2) is 4.74. The van der Waals surface area contributed by atoms with Crippen LogP contribution in [0.3, 0.4) is 0 Å². The van der Waals surface area contributed by atoms with Gasteiger partial charge in [-0.05, 0) is 17.2 Å². The summed E-state index contributed by atoms with van der Waals surface area (Å²) in [6, 6.07) is 9.78. The van der Waals surface area contributed by atoms with E-state index in [2.05, 4.69) is 0 Å². The second-order valence-corrected chi connectivity index (χ2v) is 4.68. The molecule has 1 unspecified atom stereocenters. The first-order valence-corrected chi connectivity index (χ1v) is 6.04. The van der Waals surface area contributed by atoms with Crippen molar-refractivity contribution in [2.45, 2.75) is 6.92 Å². The first kappa shape index (κ1) is 12.5. The van der Waals surface area contributed by atoms with Gasteiger partial charge in [0.25, 0.3) is 5.91 Å². The van der Waals surface area contributed by atoms with Crippen LogP contribution in [-0.2, 0) is 4.79 Å². The zero-order valence-corrected chi connectivity index (χ0v) is 10.8. The standard InChI is InChI=1S/C14H14N2OS/c1-8-10(9-5-3-2-4-6-9)7-11(14(16)17)12(15)13(8)18/h2-8H,15H2,1H3,(H2,16,17). The highest BCUT2D eigenvalue weighted by atomic mass is 32.1. The normalized spacial score (nSPS) is 19.7. The van der Waals surface area contributed by atoms with Gasteiger partial charge in [0.2, 0.25) is 0 Å². The van der Waals surface area contributed by atoms with Gasteiger partial charge < -0.3 is 11.5 Å². The maximum absolute atomic E-state index is 11.4. The Morgan fingerprint density at radius 1 is 1.28 bits per heavy atom. The molecule has 0 saturated heterocycles. The predicted octanol–water partition coefficient (Wildman–Crippen LogP) is 1.79. The Hall–Kier alpha value is -1.94. The van der Waals surface area contributed by atoms with Crippen molar-refractivity contribution >= 4 is 28.6 Å². The molecule has 0 fully saturated rings. The number of carbonyl (C=O) groups is 1. The van der Waals surface area contributed by atoms with Gasteiger partial charge in [-0.1, -0.05) is 49.5 Å². The molecule has 4 N–H and O–H groups in total. The van der Waals surface area contributed by atoms with Gasteiger partial charge in [-0.15, -0.1) is 0 Å². The molecule has 0 radical (unpaired) electrons. The van der Waals surface area contributed by atoms with E-state index in [0.29, 0.717) is 16.1 Å². The minimum atomic E-state index is -0.546. The zero-order valence-electron chi connectivity index (χ0n) is 10.0. The van der Waals surface area contributed by atoms with Crippen LogP contribution in [0.25, 0.3) is 5.57 Å². The molecule has 0 aliphatic heterocycles. The lowest BCUT2D eigenvalue weighted by molar-refractivity contribution is -0.114. The van der Waals surface area contributed by atoms with Gasteiger partial charge in [0, 0.05) is 10.8 Å². The van der Waals surface area contributed by atoms with Crippen LogP contribution in [0.15, 0.2) is 47.7 Å². The molecule has 4 heteroatoms. The van der Waals surface area contributed by atoms with Crippen LogP contribution >= 0.6 is 12.2 Å². The van der Waals surface area contributed by atoms with E-state index < -0.39 is 5.91 Å². The lowest BCUT2D eigenvalue weighted by Crippen LogP contribution is -2.28. The van der Waals surface area contributed by atoms with Crippen molar-refractivity contribution in [2.75, 3.05) is 0 Å². The molecular weight excluding hydrogens is 244 g/mol. The molecule has 1 aliphatic carbocycles. The van der Waals surface area contributed by atoms with E-state index in [1.54, 1.807) is 6.08 Å².